The monoisotopic (exact) mass is 240 g/mol. The molecule has 1 fully saturated rings. The summed E-state index contributed by atoms with van der Waals surface area (Å²) in [6.45, 7) is 4.50. The molecule has 4 nitrogen and oxygen atoms in total. The van der Waals surface area contributed by atoms with Gasteiger partial charge in [-0.2, -0.15) is 4.31 Å². The highest BCUT2D eigenvalue weighted by molar-refractivity contribution is 7.89. The second-order valence-electron chi connectivity index (χ2n) is 3.97. The second-order valence-corrected chi connectivity index (χ2v) is 5.91. The molecule has 1 aliphatic rings. The van der Waals surface area contributed by atoms with Crippen molar-refractivity contribution in [3.63, 3.8) is 0 Å². The predicted molar refractivity (Wildman–Crippen MR) is 62.8 cm³/mol. The number of aryl methyl sites for hydroxylation is 1. The zero-order chi connectivity index (χ0) is 11.6. The molecule has 2 rings (SSSR count). The molecule has 0 unspecified atom stereocenters. The zero-order valence-corrected chi connectivity index (χ0v) is 10.1. The molecule has 16 heavy (non-hydrogen) atoms. The highest BCUT2D eigenvalue weighted by atomic mass is 32.2. The minimum Gasteiger partial charge on any atom is -0.314 e. The summed E-state index contributed by atoms with van der Waals surface area (Å²) < 4.78 is 25.9. The van der Waals surface area contributed by atoms with Crippen molar-refractivity contribution < 1.29 is 8.42 Å². The van der Waals surface area contributed by atoms with Gasteiger partial charge in [-0.05, 0) is 19.1 Å². The summed E-state index contributed by atoms with van der Waals surface area (Å²) in [6, 6.07) is 7.00. The Kier molecular flexibility index (Phi) is 3.28. The number of benzene rings is 1. The van der Waals surface area contributed by atoms with E-state index in [1.54, 1.807) is 12.1 Å². The number of nitrogens with one attached hydrogen (secondary N) is 1. The molecule has 88 valence electrons. The smallest absolute Gasteiger partial charge is 0.243 e. The molecule has 0 amide bonds. The van der Waals surface area contributed by atoms with Crippen molar-refractivity contribution in [2.75, 3.05) is 26.2 Å². The lowest BCUT2D eigenvalue weighted by molar-refractivity contribution is 0.360. The normalized spacial score (nSPS) is 18.6. The van der Waals surface area contributed by atoms with Crippen LogP contribution in [-0.2, 0) is 10.0 Å². The maximum atomic E-state index is 12.2. The van der Waals surface area contributed by atoms with Gasteiger partial charge in [-0.3, -0.25) is 0 Å². The average molecular weight is 240 g/mol. The van der Waals surface area contributed by atoms with E-state index in [4.69, 9.17) is 0 Å². The molecule has 1 aromatic rings. The van der Waals surface area contributed by atoms with E-state index < -0.39 is 10.0 Å². The van der Waals surface area contributed by atoms with Crippen molar-refractivity contribution in [2.24, 2.45) is 0 Å². The Morgan fingerprint density at radius 3 is 2.25 bits per heavy atom. The van der Waals surface area contributed by atoms with Crippen LogP contribution in [0.2, 0.25) is 0 Å². The van der Waals surface area contributed by atoms with Gasteiger partial charge in [-0.15, -0.1) is 0 Å². The molecule has 0 aromatic heterocycles. The average Bonchev–Trinajstić information content (AvgIpc) is 2.31. The summed E-state index contributed by atoms with van der Waals surface area (Å²) in [5.41, 5.74) is 1.07. The van der Waals surface area contributed by atoms with Crippen LogP contribution in [-0.4, -0.2) is 38.9 Å². The van der Waals surface area contributed by atoms with Crippen LogP contribution in [0.15, 0.2) is 29.2 Å². The summed E-state index contributed by atoms with van der Waals surface area (Å²) in [7, 11) is -3.29. The first-order valence-electron chi connectivity index (χ1n) is 5.38. The van der Waals surface area contributed by atoms with Crippen LogP contribution in [0, 0.1) is 6.92 Å². The molecule has 0 radical (unpaired) electrons. The number of sulfonamides is 1. The number of nitrogens with zero attached hydrogens (tertiary/aromatic N) is 1. The minimum absolute atomic E-state index is 0.389. The van der Waals surface area contributed by atoms with E-state index in [1.807, 2.05) is 19.1 Å². The summed E-state index contributed by atoms with van der Waals surface area (Å²) in [5, 5.41) is 3.14. The lowest BCUT2D eigenvalue weighted by atomic mass is 10.2. The first-order valence-corrected chi connectivity index (χ1v) is 6.82. The van der Waals surface area contributed by atoms with E-state index in [0.29, 0.717) is 18.0 Å². The van der Waals surface area contributed by atoms with Gasteiger partial charge in [0.15, 0.2) is 0 Å². The third-order valence-electron chi connectivity index (χ3n) is 2.73. The van der Waals surface area contributed by atoms with Gasteiger partial charge in [0.2, 0.25) is 10.0 Å². The Hall–Kier alpha value is -0.910. The van der Waals surface area contributed by atoms with Gasteiger partial charge >= 0.3 is 0 Å². The highest BCUT2D eigenvalue weighted by Crippen LogP contribution is 2.16. The summed E-state index contributed by atoms with van der Waals surface area (Å²) in [6.07, 6.45) is 0. The largest absolute Gasteiger partial charge is 0.314 e. The number of rotatable bonds is 2. The molecule has 1 aromatic carbocycles. The molecule has 1 aliphatic heterocycles. The molecular weight excluding hydrogens is 224 g/mol. The lowest BCUT2D eigenvalue weighted by Crippen LogP contribution is -2.46. The Morgan fingerprint density at radius 2 is 1.69 bits per heavy atom. The van der Waals surface area contributed by atoms with Gasteiger partial charge in [0, 0.05) is 26.2 Å². The Balaban J connectivity index is 2.27. The summed E-state index contributed by atoms with van der Waals surface area (Å²) in [4.78, 5) is 0.389. The quantitative estimate of drug-likeness (QED) is 0.823. The first kappa shape index (κ1) is 11.6. The van der Waals surface area contributed by atoms with Crippen molar-refractivity contribution in [1.82, 2.24) is 9.62 Å². The van der Waals surface area contributed by atoms with Crippen molar-refractivity contribution in [3.8, 4) is 0 Å². The molecule has 0 aliphatic carbocycles. The Bertz CT molecular complexity index is 447. The van der Waals surface area contributed by atoms with Crippen molar-refractivity contribution in [1.29, 1.82) is 0 Å². The first-order chi connectivity index (χ1) is 7.60. The number of piperazine rings is 1. The SMILES string of the molecule is Cc1ccc(S(=O)(=O)N2CCNCC2)cc1. The van der Waals surface area contributed by atoms with Crippen LogP contribution >= 0.6 is 0 Å². The van der Waals surface area contributed by atoms with E-state index >= 15 is 0 Å². The van der Waals surface area contributed by atoms with E-state index in [0.717, 1.165) is 18.7 Å². The topological polar surface area (TPSA) is 49.4 Å². The standard InChI is InChI=1S/C11H16N2O2S/c1-10-2-4-11(5-3-10)16(14,15)13-8-6-12-7-9-13/h2-5,12H,6-9H2,1H3. The third-order valence-corrected chi connectivity index (χ3v) is 4.65. The van der Waals surface area contributed by atoms with E-state index in [-0.39, 0.29) is 0 Å². The van der Waals surface area contributed by atoms with Crippen molar-refractivity contribution in [2.45, 2.75) is 11.8 Å². The predicted octanol–water partition coefficient (Wildman–Crippen LogP) is 0.589. The minimum atomic E-state index is -3.29. The van der Waals surface area contributed by atoms with Gasteiger partial charge in [-0.1, -0.05) is 17.7 Å². The van der Waals surface area contributed by atoms with Crippen molar-refractivity contribution >= 4 is 10.0 Å². The Labute approximate surface area is 96.3 Å². The van der Waals surface area contributed by atoms with Crippen molar-refractivity contribution in [3.05, 3.63) is 29.8 Å². The van der Waals surface area contributed by atoms with Gasteiger partial charge in [0.1, 0.15) is 0 Å². The van der Waals surface area contributed by atoms with Gasteiger partial charge in [0.25, 0.3) is 0 Å². The molecule has 0 atom stereocenters. The molecule has 0 bridgehead atoms. The van der Waals surface area contributed by atoms with E-state index in [9.17, 15) is 8.42 Å². The van der Waals surface area contributed by atoms with Gasteiger partial charge < -0.3 is 5.32 Å². The fourth-order valence-electron chi connectivity index (χ4n) is 1.74. The van der Waals surface area contributed by atoms with Crippen LogP contribution in [0.3, 0.4) is 0 Å². The fourth-order valence-corrected chi connectivity index (χ4v) is 3.19. The molecular formula is C11H16N2O2S. The van der Waals surface area contributed by atoms with Gasteiger partial charge in [0.05, 0.1) is 4.90 Å². The Morgan fingerprint density at radius 1 is 1.12 bits per heavy atom. The van der Waals surface area contributed by atoms with E-state index in [2.05, 4.69) is 5.32 Å². The van der Waals surface area contributed by atoms with Crippen LogP contribution in [0.5, 0.6) is 0 Å². The second kappa shape index (κ2) is 4.53. The zero-order valence-electron chi connectivity index (χ0n) is 9.31. The van der Waals surface area contributed by atoms with Crippen LogP contribution in [0.4, 0.5) is 0 Å². The number of hydrogen-bond acceptors (Lipinski definition) is 3. The lowest BCUT2D eigenvalue weighted by Gasteiger charge is -2.26. The van der Waals surface area contributed by atoms with Gasteiger partial charge in [-0.25, -0.2) is 8.42 Å². The fraction of sp³-hybridized carbons (Fsp3) is 0.455. The molecule has 5 heteroatoms. The molecule has 0 saturated carbocycles. The highest BCUT2D eigenvalue weighted by Gasteiger charge is 2.25. The van der Waals surface area contributed by atoms with Crippen LogP contribution in [0.25, 0.3) is 0 Å². The maximum absolute atomic E-state index is 12.2. The number of hydrogen-bond donors (Lipinski definition) is 1. The molecule has 1 saturated heterocycles. The molecule has 1 N–H and O–H groups in total. The van der Waals surface area contributed by atoms with Crippen LogP contribution in [0.1, 0.15) is 5.56 Å². The summed E-state index contributed by atoms with van der Waals surface area (Å²) in [5.74, 6) is 0. The third kappa shape index (κ3) is 2.26. The van der Waals surface area contributed by atoms with E-state index in [1.165, 1.54) is 4.31 Å². The van der Waals surface area contributed by atoms with Crippen LogP contribution < -0.4 is 5.32 Å². The molecule has 0 spiro atoms. The maximum Gasteiger partial charge on any atom is 0.243 e. The summed E-state index contributed by atoms with van der Waals surface area (Å²) >= 11 is 0. The molecule has 1 heterocycles.